The first-order chi connectivity index (χ1) is 8.01. The van der Waals surface area contributed by atoms with Crippen molar-refractivity contribution in [1.29, 1.82) is 0 Å². The summed E-state index contributed by atoms with van der Waals surface area (Å²) in [6.45, 7) is 4.81. The van der Waals surface area contributed by atoms with Gasteiger partial charge in [0.1, 0.15) is 0 Å². The molecule has 0 aromatic rings. The van der Waals surface area contributed by atoms with Crippen LogP contribution in [-0.4, -0.2) is 25.0 Å². The highest BCUT2D eigenvalue weighted by atomic mass is 79.9. The molecule has 0 spiro atoms. The molecule has 1 N–H and O–H groups in total. The van der Waals surface area contributed by atoms with E-state index >= 15 is 0 Å². The van der Waals surface area contributed by atoms with Crippen LogP contribution in [0.25, 0.3) is 0 Å². The number of halogens is 1. The standard InChI is InChI=1S/C12H24BrNO2S/c1-3-10(4-2)12(13)9-14-17(15,16)11-7-5-6-8-11/h10-12,14H,3-9H2,1-2H3. The average molecular weight is 326 g/mol. The van der Waals surface area contributed by atoms with Gasteiger partial charge in [-0.3, -0.25) is 0 Å². The molecule has 1 unspecified atom stereocenters. The van der Waals surface area contributed by atoms with E-state index in [1.165, 1.54) is 0 Å². The quantitative estimate of drug-likeness (QED) is 0.731. The fourth-order valence-electron chi connectivity index (χ4n) is 2.48. The highest BCUT2D eigenvalue weighted by Crippen LogP contribution is 2.25. The zero-order valence-electron chi connectivity index (χ0n) is 10.8. The van der Waals surface area contributed by atoms with Crippen molar-refractivity contribution < 1.29 is 8.42 Å². The van der Waals surface area contributed by atoms with Crippen LogP contribution in [0.1, 0.15) is 52.4 Å². The summed E-state index contributed by atoms with van der Waals surface area (Å²) in [7, 11) is -3.09. The van der Waals surface area contributed by atoms with Gasteiger partial charge in [-0.15, -0.1) is 0 Å². The first kappa shape index (κ1) is 15.4. The minimum atomic E-state index is -3.09. The van der Waals surface area contributed by atoms with Gasteiger partial charge in [-0.05, 0) is 18.8 Å². The molecule has 0 aliphatic heterocycles. The smallest absolute Gasteiger partial charge is 0.214 e. The molecule has 0 heterocycles. The van der Waals surface area contributed by atoms with Gasteiger partial charge in [-0.1, -0.05) is 55.5 Å². The molecular weight excluding hydrogens is 302 g/mol. The molecule has 0 aromatic carbocycles. The molecule has 17 heavy (non-hydrogen) atoms. The van der Waals surface area contributed by atoms with Crippen molar-refractivity contribution in [2.24, 2.45) is 5.92 Å². The average Bonchev–Trinajstić information content (AvgIpc) is 2.82. The summed E-state index contributed by atoms with van der Waals surface area (Å²) in [4.78, 5) is 0.244. The molecule has 1 fully saturated rings. The molecule has 1 aliphatic rings. The van der Waals surface area contributed by atoms with Gasteiger partial charge < -0.3 is 0 Å². The Morgan fingerprint density at radius 1 is 1.24 bits per heavy atom. The van der Waals surface area contributed by atoms with Crippen LogP contribution in [-0.2, 0) is 10.0 Å². The van der Waals surface area contributed by atoms with Crippen LogP contribution in [0.15, 0.2) is 0 Å². The lowest BCUT2D eigenvalue weighted by Gasteiger charge is -2.21. The van der Waals surface area contributed by atoms with E-state index in [4.69, 9.17) is 0 Å². The van der Waals surface area contributed by atoms with Gasteiger partial charge in [0, 0.05) is 11.4 Å². The monoisotopic (exact) mass is 325 g/mol. The third-order valence-electron chi connectivity index (χ3n) is 3.78. The third-order valence-corrected chi connectivity index (χ3v) is 6.77. The lowest BCUT2D eigenvalue weighted by molar-refractivity contribution is 0.469. The summed E-state index contributed by atoms with van der Waals surface area (Å²) >= 11 is 3.60. The Hall–Kier alpha value is 0.390. The highest BCUT2D eigenvalue weighted by molar-refractivity contribution is 9.09. The molecular formula is C12H24BrNO2S. The van der Waals surface area contributed by atoms with Crippen molar-refractivity contribution in [3.8, 4) is 0 Å². The second kappa shape index (κ2) is 7.10. The number of sulfonamides is 1. The van der Waals surface area contributed by atoms with Crippen molar-refractivity contribution in [2.45, 2.75) is 62.4 Å². The van der Waals surface area contributed by atoms with Crippen molar-refractivity contribution in [2.75, 3.05) is 6.54 Å². The molecule has 0 saturated heterocycles. The molecule has 102 valence electrons. The fourth-order valence-corrected chi connectivity index (χ4v) is 5.20. The zero-order chi connectivity index (χ0) is 12.9. The third kappa shape index (κ3) is 4.52. The summed E-state index contributed by atoms with van der Waals surface area (Å²) in [6, 6.07) is 0. The van der Waals surface area contributed by atoms with Crippen LogP contribution < -0.4 is 4.72 Å². The maximum atomic E-state index is 12.0. The second-order valence-electron chi connectivity index (χ2n) is 4.89. The Bertz CT molecular complexity index is 308. The van der Waals surface area contributed by atoms with Crippen molar-refractivity contribution in [3.05, 3.63) is 0 Å². The molecule has 5 heteroatoms. The lowest BCUT2D eigenvalue weighted by atomic mass is 10.00. The van der Waals surface area contributed by atoms with Gasteiger partial charge >= 0.3 is 0 Å². The highest BCUT2D eigenvalue weighted by Gasteiger charge is 2.29. The van der Waals surface area contributed by atoms with E-state index in [9.17, 15) is 8.42 Å². The van der Waals surface area contributed by atoms with Crippen molar-refractivity contribution >= 4 is 26.0 Å². The van der Waals surface area contributed by atoms with E-state index < -0.39 is 10.0 Å². The second-order valence-corrected chi connectivity index (χ2v) is 8.11. The first-order valence-corrected chi connectivity index (χ1v) is 9.10. The maximum absolute atomic E-state index is 12.0. The Kier molecular flexibility index (Phi) is 6.45. The van der Waals surface area contributed by atoms with E-state index in [-0.39, 0.29) is 10.1 Å². The van der Waals surface area contributed by atoms with Gasteiger partial charge in [0.25, 0.3) is 0 Å². The minimum Gasteiger partial charge on any atom is -0.214 e. The number of hydrogen-bond donors (Lipinski definition) is 1. The van der Waals surface area contributed by atoms with Crippen LogP contribution in [0.5, 0.6) is 0 Å². The topological polar surface area (TPSA) is 46.2 Å². The normalized spacial score (nSPS) is 20.0. The largest absolute Gasteiger partial charge is 0.214 e. The molecule has 3 nitrogen and oxygen atoms in total. The van der Waals surface area contributed by atoms with Gasteiger partial charge in [0.2, 0.25) is 10.0 Å². The first-order valence-electron chi connectivity index (χ1n) is 6.63. The maximum Gasteiger partial charge on any atom is 0.214 e. The van der Waals surface area contributed by atoms with Crippen LogP contribution >= 0.6 is 15.9 Å². The molecule has 0 amide bonds. The van der Waals surface area contributed by atoms with E-state index in [1.54, 1.807) is 0 Å². The Morgan fingerprint density at radius 3 is 2.24 bits per heavy atom. The molecule has 0 aromatic heterocycles. The predicted octanol–water partition coefficient (Wildman–Crippen LogP) is 3.05. The summed E-state index contributed by atoms with van der Waals surface area (Å²) < 4.78 is 26.8. The molecule has 1 rings (SSSR count). The van der Waals surface area contributed by atoms with Gasteiger partial charge in [-0.2, -0.15) is 0 Å². The van der Waals surface area contributed by atoms with Crippen molar-refractivity contribution in [1.82, 2.24) is 4.72 Å². The fraction of sp³-hybridized carbons (Fsp3) is 1.00. The Balaban J connectivity index is 2.43. The molecule has 1 atom stereocenters. The minimum absolute atomic E-state index is 0.149. The molecule has 1 aliphatic carbocycles. The van der Waals surface area contributed by atoms with Crippen LogP contribution in [0.3, 0.4) is 0 Å². The predicted molar refractivity (Wildman–Crippen MR) is 76.0 cm³/mol. The number of hydrogen-bond acceptors (Lipinski definition) is 2. The van der Waals surface area contributed by atoms with E-state index in [2.05, 4.69) is 34.5 Å². The van der Waals surface area contributed by atoms with Crippen molar-refractivity contribution in [3.63, 3.8) is 0 Å². The van der Waals surface area contributed by atoms with Crippen LogP contribution in [0, 0.1) is 5.92 Å². The Morgan fingerprint density at radius 2 is 1.76 bits per heavy atom. The van der Waals surface area contributed by atoms with Gasteiger partial charge in [-0.25, -0.2) is 13.1 Å². The van der Waals surface area contributed by atoms with Gasteiger partial charge in [0.05, 0.1) is 5.25 Å². The number of alkyl halides is 1. The number of rotatable bonds is 7. The summed E-state index contributed by atoms with van der Waals surface area (Å²) in [5, 5.41) is -0.149. The number of nitrogens with one attached hydrogen (secondary N) is 1. The van der Waals surface area contributed by atoms with E-state index in [0.29, 0.717) is 12.5 Å². The SMILES string of the molecule is CCC(CC)C(Br)CNS(=O)(=O)C1CCCC1. The summed E-state index contributed by atoms with van der Waals surface area (Å²) in [5.41, 5.74) is 0. The zero-order valence-corrected chi connectivity index (χ0v) is 13.2. The summed E-state index contributed by atoms with van der Waals surface area (Å²) in [5.74, 6) is 0.543. The van der Waals surface area contributed by atoms with Crippen LogP contribution in [0.2, 0.25) is 0 Å². The molecule has 0 bridgehead atoms. The Labute approximate surface area is 114 Å². The van der Waals surface area contributed by atoms with E-state index in [0.717, 1.165) is 38.5 Å². The summed E-state index contributed by atoms with van der Waals surface area (Å²) in [6.07, 6.45) is 5.92. The van der Waals surface area contributed by atoms with Crippen LogP contribution in [0.4, 0.5) is 0 Å². The van der Waals surface area contributed by atoms with E-state index in [1.807, 2.05) is 0 Å². The molecule has 0 radical (unpaired) electrons. The lowest BCUT2D eigenvalue weighted by Crippen LogP contribution is -2.38. The molecule has 1 saturated carbocycles. The van der Waals surface area contributed by atoms with Gasteiger partial charge in [0.15, 0.2) is 0 Å².